The van der Waals surface area contributed by atoms with Crippen LogP contribution >= 0.6 is 24.2 Å². The van der Waals surface area contributed by atoms with Crippen molar-refractivity contribution in [3.8, 4) is 0 Å². The number of hydrogen-bond donors (Lipinski definition) is 1. The Morgan fingerprint density at radius 3 is 2.86 bits per heavy atom. The Morgan fingerprint density at radius 1 is 1.43 bits per heavy atom. The molecule has 78 valence electrons. The molecule has 1 aromatic heterocycles. The number of nitrogens with zero attached hydrogens (tertiary/aromatic N) is 2. The van der Waals surface area contributed by atoms with Gasteiger partial charge in [-0.3, -0.25) is 0 Å². The maximum Gasteiger partial charge on any atom is 0.119 e. The highest BCUT2D eigenvalue weighted by Gasteiger charge is 2.15. The molecule has 3 nitrogen and oxygen atoms in total. The smallest absolute Gasteiger partial charge is 0.119 e. The summed E-state index contributed by atoms with van der Waals surface area (Å²) in [5.74, 6) is 0. The van der Waals surface area contributed by atoms with Gasteiger partial charge in [-0.05, 0) is 32.0 Å². The van der Waals surface area contributed by atoms with Crippen LogP contribution in [0.5, 0.6) is 0 Å². The molecule has 1 atom stereocenters. The fraction of sp³-hybridized carbons (Fsp3) is 0.556. The van der Waals surface area contributed by atoms with E-state index in [2.05, 4.69) is 15.5 Å². The molecule has 5 heteroatoms. The highest BCUT2D eigenvalue weighted by Crippen LogP contribution is 2.24. The highest BCUT2D eigenvalue weighted by molar-refractivity contribution is 7.99. The summed E-state index contributed by atoms with van der Waals surface area (Å²) in [5, 5.41) is 13.2. The van der Waals surface area contributed by atoms with Crippen molar-refractivity contribution < 1.29 is 0 Å². The number of aryl methyl sites for hydroxylation is 1. The van der Waals surface area contributed by atoms with Gasteiger partial charge in [0.05, 0.1) is 5.69 Å². The number of nitrogens with one attached hydrogen (secondary N) is 1. The number of halogens is 1. The Kier molecular flexibility index (Phi) is 4.65. The zero-order valence-corrected chi connectivity index (χ0v) is 9.70. The molecule has 1 N–H and O–H groups in total. The lowest BCUT2D eigenvalue weighted by Crippen LogP contribution is -2.10. The Bertz CT molecular complexity index is 272. The van der Waals surface area contributed by atoms with Gasteiger partial charge >= 0.3 is 0 Å². The van der Waals surface area contributed by atoms with Gasteiger partial charge in [-0.1, -0.05) is 11.8 Å². The van der Waals surface area contributed by atoms with Crippen LogP contribution in [-0.2, 0) is 0 Å². The molecule has 0 bridgehead atoms. The van der Waals surface area contributed by atoms with Gasteiger partial charge in [0.1, 0.15) is 5.03 Å². The molecule has 14 heavy (non-hydrogen) atoms. The largest absolute Gasteiger partial charge is 0.316 e. The summed E-state index contributed by atoms with van der Waals surface area (Å²) in [4.78, 5) is 0. The Morgan fingerprint density at radius 2 is 2.29 bits per heavy atom. The Hall–Kier alpha value is -0.320. The first-order valence-corrected chi connectivity index (χ1v) is 5.40. The van der Waals surface area contributed by atoms with Gasteiger partial charge in [-0.15, -0.1) is 17.5 Å². The van der Waals surface area contributed by atoms with Gasteiger partial charge in [0.25, 0.3) is 0 Å². The molecule has 2 rings (SSSR count). The van der Waals surface area contributed by atoms with Crippen molar-refractivity contribution in [2.24, 2.45) is 0 Å². The second kappa shape index (κ2) is 5.53. The van der Waals surface area contributed by atoms with Crippen LogP contribution in [0.3, 0.4) is 0 Å². The minimum atomic E-state index is 0. The van der Waals surface area contributed by atoms with Crippen LogP contribution in [0.25, 0.3) is 0 Å². The standard InChI is InChI=1S/C9H13N3S.ClH/c1-7-2-3-9(12-11-7)13-8-4-5-10-6-8;/h2-3,8,10H,4-6H2,1H3;1H. The molecule has 0 amide bonds. The van der Waals surface area contributed by atoms with Crippen molar-refractivity contribution in [1.29, 1.82) is 0 Å². The molecule has 1 saturated heterocycles. The van der Waals surface area contributed by atoms with Gasteiger partial charge in [-0.2, -0.15) is 5.10 Å². The number of aromatic nitrogens is 2. The summed E-state index contributed by atoms with van der Waals surface area (Å²) < 4.78 is 0. The van der Waals surface area contributed by atoms with Crippen LogP contribution in [0.15, 0.2) is 17.2 Å². The first kappa shape index (κ1) is 11.8. The van der Waals surface area contributed by atoms with Crippen molar-refractivity contribution in [2.45, 2.75) is 23.6 Å². The van der Waals surface area contributed by atoms with Crippen LogP contribution in [0, 0.1) is 6.92 Å². The summed E-state index contributed by atoms with van der Waals surface area (Å²) in [6, 6.07) is 4.06. The number of rotatable bonds is 2. The van der Waals surface area contributed by atoms with E-state index in [1.807, 2.05) is 30.8 Å². The van der Waals surface area contributed by atoms with E-state index in [9.17, 15) is 0 Å². The summed E-state index contributed by atoms with van der Waals surface area (Å²) in [7, 11) is 0. The predicted molar refractivity (Wildman–Crippen MR) is 61.1 cm³/mol. The van der Waals surface area contributed by atoms with E-state index in [-0.39, 0.29) is 12.4 Å². The molecule has 0 saturated carbocycles. The SMILES string of the molecule is Cc1ccc(SC2CCNC2)nn1.Cl. The zero-order valence-electron chi connectivity index (χ0n) is 8.06. The van der Waals surface area contributed by atoms with Crippen molar-refractivity contribution >= 4 is 24.2 Å². The maximum atomic E-state index is 4.13. The molecular weight excluding hydrogens is 218 g/mol. The minimum absolute atomic E-state index is 0. The zero-order chi connectivity index (χ0) is 9.10. The Labute approximate surface area is 94.5 Å². The van der Waals surface area contributed by atoms with Crippen LogP contribution in [0.4, 0.5) is 0 Å². The number of thioether (sulfide) groups is 1. The molecule has 0 spiro atoms. The van der Waals surface area contributed by atoms with Crippen molar-refractivity contribution in [1.82, 2.24) is 15.5 Å². The summed E-state index contributed by atoms with van der Waals surface area (Å²) >= 11 is 1.82. The molecule has 0 aliphatic carbocycles. The predicted octanol–water partition coefficient (Wildman–Crippen LogP) is 1.66. The molecule has 2 heterocycles. The van der Waals surface area contributed by atoms with Crippen LogP contribution in [0.2, 0.25) is 0 Å². The van der Waals surface area contributed by atoms with E-state index in [0.29, 0.717) is 5.25 Å². The first-order chi connectivity index (χ1) is 6.34. The summed E-state index contributed by atoms with van der Waals surface area (Å²) in [6.07, 6.45) is 1.24. The minimum Gasteiger partial charge on any atom is -0.316 e. The fourth-order valence-electron chi connectivity index (χ4n) is 1.35. The van der Waals surface area contributed by atoms with E-state index in [0.717, 1.165) is 23.8 Å². The molecular formula is C9H14ClN3S. The third-order valence-corrected chi connectivity index (χ3v) is 3.27. The lowest BCUT2D eigenvalue weighted by atomic mass is 10.4. The lowest BCUT2D eigenvalue weighted by Gasteiger charge is -2.05. The van der Waals surface area contributed by atoms with Gasteiger partial charge in [-0.25, -0.2) is 0 Å². The van der Waals surface area contributed by atoms with Gasteiger partial charge in [0.2, 0.25) is 0 Å². The van der Waals surface area contributed by atoms with E-state index < -0.39 is 0 Å². The quantitative estimate of drug-likeness (QED) is 0.840. The van der Waals surface area contributed by atoms with Crippen LogP contribution in [0.1, 0.15) is 12.1 Å². The molecule has 1 aliphatic heterocycles. The van der Waals surface area contributed by atoms with Crippen molar-refractivity contribution in [3.63, 3.8) is 0 Å². The van der Waals surface area contributed by atoms with Gasteiger partial charge < -0.3 is 5.32 Å². The Balaban J connectivity index is 0.000000980. The summed E-state index contributed by atoms with van der Waals surface area (Å²) in [6.45, 7) is 4.19. The lowest BCUT2D eigenvalue weighted by molar-refractivity contribution is 0.857. The fourth-order valence-corrected chi connectivity index (χ4v) is 2.36. The molecule has 0 radical (unpaired) electrons. The van der Waals surface area contributed by atoms with Crippen molar-refractivity contribution in [2.75, 3.05) is 13.1 Å². The average Bonchev–Trinajstić information content (AvgIpc) is 2.62. The van der Waals surface area contributed by atoms with Gasteiger partial charge in [0, 0.05) is 11.8 Å². The van der Waals surface area contributed by atoms with Crippen LogP contribution < -0.4 is 5.32 Å². The van der Waals surface area contributed by atoms with E-state index in [1.54, 1.807) is 0 Å². The van der Waals surface area contributed by atoms with Crippen molar-refractivity contribution in [3.05, 3.63) is 17.8 Å². The van der Waals surface area contributed by atoms with Gasteiger partial charge in [0.15, 0.2) is 0 Å². The second-order valence-corrected chi connectivity index (χ2v) is 4.57. The maximum absolute atomic E-state index is 4.13. The average molecular weight is 232 g/mol. The first-order valence-electron chi connectivity index (χ1n) is 4.52. The van der Waals surface area contributed by atoms with E-state index >= 15 is 0 Å². The molecule has 1 aliphatic rings. The molecule has 1 fully saturated rings. The molecule has 1 aromatic rings. The third kappa shape index (κ3) is 3.12. The number of hydrogen-bond acceptors (Lipinski definition) is 4. The summed E-state index contributed by atoms with van der Waals surface area (Å²) in [5.41, 5.74) is 0.980. The second-order valence-electron chi connectivity index (χ2n) is 3.25. The normalized spacial score (nSPS) is 20.5. The highest BCUT2D eigenvalue weighted by atomic mass is 35.5. The van der Waals surface area contributed by atoms with E-state index in [1.165, 1.54) is 6.42 Å². The van der Waals surface area contributed by atoms with Crippen LogP contribution in [-0.4, -0.2) is 28.5 Å². The third-order valence-electron chi connectivity index (χ3n) is 2.08. The monoisotopic (exact) mass is 231 g/mol. The van der Waals surface area contributed by atoms with E-state index in [4.69, 9.17) is 0 Å². The molecule has 1 unspecified atom stereocenters. The molecule has 0 aromatic carbocycles. The topological polar surface area (TPSA) is 37.8 Å².